The molecule has 0 aliphatic heterocycles. The van der Waals surface area contributed by atoms with E-state index in [4.69, 9.17) is 21.1 Å². The molecule has 0 heterocycles. The zero-order valence-corrected chi connectivity index (χ0v) is 13.8. The Morgan fingerprint density at radius 1 is 1.09 bits per heavy atom. The van der Waals surface area contributed by atoms with Crippen LogP contribution in [0.5, 0.6) is 11.5 Å². The third kappa shape index (κ3) is 3.13. The average molecular weight is 332 g/mol. The van der Waals surface area contributed by atoms with E-state index in [-0.39, 0.29) is 11.9 Å². The van der Waals surface area contributed by atoms with E-state index in [2.05, 4.69) is 17.4 Å². The lowest BCUT2D eigenvalue weighted by Crippen LogP contribution is -2.35. The van der Waals surface area contributed by atoms with Crippen LogP contribution in [0.3, 0.4) is 0 Å². The smallest absolute Gasteiger partial charge is 0.253 e. The van der Waals surface area contributed by atoms with Gasteiger partial charge in [-0.1, -0.05) is 35.9 Å². The summed E-state index contributed by atoms with van der Waals surface area (Å²) < 4.78 is 10.4. The van der Waals surface area contributed by atoms with Crippen molar-refractivity contribution in [2.24, 2.45) is 0 Å². The first kappa shape index (κ1) is 15.7. The van der Waals surface area contributed by atoms with Crippen LogP contribution in [-0.4, -0.2) is 26.2 Å². The molecule has 4 nitrogen and oxygen atoms in total. The van der Waals surface area contributed by atoms with E-state index >= 15 is 0 Å². The molecule has 0 spiro atoms. The van der Waals surface area contributed by atoms with Gasteiger partial charge in [0.05, 0.1) is 24.8 Å². The van der Waals surface area contributed by atoms with Crippen LogP contribution in [0, 0.1) is 0 Å². The molecule has 0 atom stereocenters. The second-order valence-corrected chi connectivity index (χ2v) is 5.94. The van der Waals surface area contributed by atoms with Gasteiger partial charge in [0.2, 0.25) is 0 Å². The number of carbonyl (C=O) groups excluding carboxylic acids is 1. The van der Waals surface area contributed by atoms with E-state index in [1.807, 2.05) is 12.1 Å². The lowest BCUT2D eigenvalue weighted by Gasteiger charge is -2.15. The van der Waals surface area contributed by atoms with Gasteiger partial charge in [-0.2, -0.15) is 0 Å². The predicted molar refractivity (Wildman–Crippen MR) is 89.7 cm³/mol. The molecule has 0 radical (unpaired) electrons. The zero-order chi connectivity index (χ0) is 16.4. The molecule has 1 aliphatic carbocycles. The Balaban J connectivity index is 1.77. The topological polar surface area (TPSA) is 47.6 Å². The number of hydrogen-bond acceptors (Lipinski definition) is 3. The van der Waals surface area contributed by atoms with E-state index in [1.165, 1.54) is 25.3 Å². The highest BCUT2D eigenvalue weighted by molar-refractivity contribution is 6.34. The van der Waals surface area contributed by atoms with Gasteiger partial charge in [-0.05, 0) is 30.0 Å². The Morgan fingerprint density at radius 3 is 2.22 bits per heavy atom. The third-order valence-electron chi connectivity index (χ3n) is 4.10. The fourth-order valence-electron chi connectivity index (χ4n) is 2.95. The average Bonchev–Trinajstić information content (AvgIpc) is 2.96. The number of halogens is 1. The number of fused-ring (bicyclic) bond motifs is 1. The summed E-state index contributed by atoms with van der Waals surface area (Å²) in [6, 6.07) is 11.5. The molecule has 0 bridgehead atoms. The third-order valence-corrected chi connectivity index (χ3v) is 4.42. The molecule has 0 aromatic heterocycles. The van der Waals surface area contributed by atoms with Gasteiger partial charge in [-0.15, -0.1) is 0 Å². The molecule has 1 N–H and O–H groups in total. The highest BCUT2D eigenvalue weighted by Crippen LogP contribution is 2.33. The Bertz CT molecular complexity index is 720. The molecular weight excluding hydrogens is 314 g/mol. The van der Waals surface area contributed by atoms with Gasteiger partial charge in [0.1, 0.15) is 0 Å². The van der Waals surface area contributed by atoms with Crippen molar-refractivity contribution in [2.75, 3.05) is 14.2 Å². The fraction of sp³-hybridized carbons (Fsp3) is 0.278. The number of nitrogens with one attached hydrogen (secondary N) is 1. The lowest BCUT2D eigenvalue weighted by atomic mass is 10.1. The molecule has 2 aromatic rings. The lowest BCUT2D eigenvalue weighted by molar-refractivity contribution is 0.0938. The van der Waals surface area contributed by atoms with Crippen LogP contribution in [0.2, 0.25) is 5.02 Å². The molecule has 0 saturated carbocycles. The molecular formula is C18H18ClNO3. The normalized spacial score (nSPS) is 13.5. The molecule has 0 fully saturated rings. The summed E-state index contributed by atoms with van der Waals surface area (Å²) in [6.07, 6.45) is 1.68. The number of rotatable bonds is 4. The molecule has 3 rings (SSSR count). The van der Waals surface area contributed by atoms with E-state index in [1.54, 1.807) is 12.1 Å². The van der Waals surface area contributed by atoms with Crippen LogP contribution >= 0.6 is 11.6 Å². The van der Waals surface area contributed by atoms with E-state index in [9.17, 15) is 4.79 Å². The highest BCUT2D eigenvalue weighted by atomic mass is 35.5. The van der Waals surface area contributed by atoms with Gasteiger partial charge in [0.15, 0.2) is 11.5 Å². The number of methoxy groups -OCH3 is 2. The van der Waals surface area contributed by atoms with Crippen LogP contribution in [-0.2, 0) is 12.8 Å². The fourth-order valence-corrected chi connectivity index (χ4v) is 3.19. The summed E-state index contributed by atoms with van der Waals surface area (Å²) in [5, 5.41) is 3.40. The maximum Gasteiger partial charge on any atom is 0.253 e. The van der Waals surface area contributed by atoms with Crippen molar-refractivity contribution >= 4 is 17.5 Å². The first-order valence-electron chi connectivity index (χ1n) is 7.41. The van der Waals surface area contributed by atoms with E-state index in [0.29, 0.717) is 22.1 Å². The minimum absolute atomic E-state index is 0.0871. The minimum Gasteiger partial charge on any atom is -0.493 e. The molecule has 1 amide bonds. The van der Waals surface area contributed by atoms with Crippen LogP contribution in [0.1, 0.15) is 21.5 Å². The van der Waals surface area contributed by atoms with Crippen LogP contribution in [0.25, 0.3) is 0 Å². The predicted octanol–water partition coefficient (Wildman–Crippen LogP) is 3.25. The Morgan fingerprint density at radius 2 is 1.65 bits per heavy atom. The number of amides is 1. The molecule has 120 valence electrons. The van der Waals surface area contributed by atoms with Gasteiger partial charge in [0, 0.05) is 12.1 Å². The van der Waals surface area contributed by atoms with Crippen molar-refractivity contribution in [3.05, 3.63) is 58.1 Å². The second kappa shape index (κ2) is 6.50. The number of ether oxygens (including phenoxy) is 2. The largest absolute Gasteiger partial charge is 0.493 e. The van der Waals surface area contributed by atoms with E-state index in [0.717, 1.165) is 12.8 Å². The molecule has 0 unspecified atom stereocenters. The first-order chi connectivity index (χ1) is 11.1. The summed E-state index contributed by atoms with van der Waals surface area (Å²) in [6.45, 7) is 0. The van der Waals surface area contributed by atoms with Crippen LogP contribution in [0.15, 0.2) is 36.4 Å². The summed E-state index contributed by atoms with van der Waals surface area (Å²) in [5.74, 6) is 0.785. The number of hydrogen-bond donors (Lipinski definition) is 1. The van der Waals surface area contributed by atoms with Gasteiger partial charge < -0.3 is 14.8 Å². The Kier molecular flexibility index (Phi) is 4.44. The van der Waals surface area contributed by atoms with Gasteiger partial charge in [0.25, 0.3) is 5.91 Å². The van der Waals surface area contributed by atoms with Crippen molar-refractivity contribution < 1.29 is 14.3 Å². The van der Waals surface area contributed by atoms with Crippen LogP contribution in [0.4, 0.5) is 0 Å². The molecule has 0 saturated heterocycles. The summed E-state index contributed by atoms with van der Waals surface area (Å²) >= 11 is 6.21. The molecule has 5 heteroatoms. The second-order valence-electron chi connectivity index (χ2n) is 5.53. The maximum absolute atomic E-state index is 12.5. The highest BCUT2D eigenvalue weighted by Gasteiger charge is 2.24. The van der Waals surface area contributed by atoms with Gasteiger partial charge >= 0.3 is 0 Å². The Hall–Kier alpha value is -2.20. The minimum atomic E-state index is -0.200. The standard InChI is InChI=1S/C18H18ClNO3/c1-22-16-9-14(15(19)10-17(16)23-2)18(21)20-13-7-11-5-3-4-6-12(11)8-13/h3-6,9-10,13H,7-8H2,1-2H3,(H,20,21). The van der Waals surface area contributed by atoms with E-state index < -0.39 is 0 Å². The zero-order valence-electron chi connectivity index (χ0n) is 13.1. The van der Waals surface area contributed by atoms with Crippen molar-refractivity contribution in [1.82, 2.24) is 5.32 Å². The monoisotopic (exact) mass is 331 g/mol. The summed E-state index contributed by atoms with van der Waals surface area (Å²) in [4.78, 5) is 12.5. The van der Waals surface area contributed by atoms with Crippen molar-refractivity contribution in [3.63, 3.8) is 0 Å². The molecule has 23 heavy (non-hydrogen) atoms. The molecule has 1 aliphatic rings. The van der Waals surface area contributed by atoms with Gasteiger partial charge in [-0.3, -0.25) is 4.79 Å². The van der Waals surface area contributed by atoms with Gasteiger partial charge in [-0.25, -0.2) is 0 Å². The molecule has 2 aromatic carbocycles. The van der Waals surface area contributed by atoms with Crippen LogP contribution < -0.4 is 14.8 Å². The summed E-state index contributed by atoms with van der Waals surface area (Å²) in [7, 11) is 3.06. The number of benzene rings is 2. The maximum atomic E-state index is 12.5. The van der Waals surface area contributed by atoms with Crippen molar-refractivity contribution in [3.8, 4) is 11.5 Å². The number of carbonyl (C=O) groups is 1. The van der Waals surface area contributed by atoms with Crippen molar-refractivity contribution in [1.29, 1.82) is 0 Å². The van der Waals surface area contributed by atoms with Crippen molar-refractivity contribution in [2.45, 2.75) is 18.9 Å². The Labute approximate surface area is 140 Å². The SMILES string of the molecule is COc1cc(Cl)c(C(=O)NC2Cc3ccccc3C2)cc1OC. The first-order valence-corrected chi connectivity index (χ1v) is 7.79. The summed E-state index contributed by atoms with van der Waals surface area (Å²) in [5.41, 5.74) is 2.97. The quantitative estimate of drug-likeness (QED) is 0.935.